The maximum absolute atomic E-state index is 12.3. The van der Waals surface area contributed by atoms with Crippen molar-refractivity contribution in [2.24, 2.45) is 5.92 Å². The predicted octanol–water partition coefficient (Wildman–Crippen LogP) is 2.94. The molecule has 0 bridgehead atoms. The molecule has 2 amide bonds. The monoisotopic (exact) mass is 345 g/mol. The Labute approximate surface area is 151 Å². The molecule has 2 saturated heterocycles. The number of urea groups is 1. The number of benzene rings is 1. The second kappa shape index (κ2) is 9.20. The fourth-order valence-electron chi connectivity index (χ4n) is 3.74. The van der Waals surface area contributed by atoms with Gasteiger partial charge in [0.1, 0.15) is 0 Å². The lowest BCUT2D eigenvalue weighted by atomic mass is 9.95. The molecule has 2 aliphatic rings. The van der Waals surface area contributed by atoms with E-state index in [0.717, 1.165) is 45.1 Å². The number of nitrogens with zero attached hydrogens (tertiary/aromatic N) is 1. The molecule has 138 valence electrons. The fourth-order valence-corrected chi connectivity index (χ4v) is 3.74. The Hall–Kier alpha value is -1.59. The number of hydrogen-bond donors (Lipinski definition) is 2. The summed E-state index contributed by atoms with van der Waals surface area (Å²) in [5, 5.41) is 6.19. The van der Waals surface area contributed by atoms with Crippen molar-refractivity contribution in [3.63, 3.8) is 0 Å². The van der Waals surface area contributed by atoms with E-state index in [-0.39, 0.29) is 18.1 Å². The molecular formula is C20H31N3O2. The molecule has 5 heteroatoms. The van der Waals surface area contributed by atoms with Crippen LogP contribution in [-0.4, -0.2) is 49.8 Å². The number of amides is 2. The van der Waals surface area contributed by atoms with E-state index in [2.05, 4.69) is 46.7 Å². The number of hydrogen-bond acceptors (Lipinski definition) is 3. The normalized spacial score (nSPS) is 21.6. The van der Waals surface area contributed by atoms with Gasteiger partial charge in [-0.05, 0) is 50.3 Å². The molecule has 2 N–H and O–H groups in total. The van der Waals surface area contributed by atoms with Gasteiger partial charge < -0.3 is 15.4 Å². The van der Waals surface area contributed by atoms with Crippen LogP contribution in [0.15, 0.2) is 30.3 Å². The SMILES string of the molecule is CC1CCN(C(CNC(=O)NC2CCOCC2)c2ccccc2)CC1. The van der Waals surface area contributed by atoms with Crippen molar-refractivity contribution in [2.75, 3.05) is 32.8 Å². The molecule has 0 saturated carbocycles. The van der Waals surface area contributed by atoms with Crippen LogP contribution >= 0.6 is 0 Å². The van der Waals surface area contributed by atoms with Crippen LogP contribution in [0.25, 0.3) is 0 Å². The van der Waals surface area contributed by atoms with Gasteiger partial charge in [0.15, 0.2) is 0 Å². The third kappa shape index (κ3) is 5.44. The summed E-state index contributed by atoms with van der Waals surface area (Å²) in [5.74, 6) is 0.803. The van der Waals surface area contributed by atoms with Crippen molar-refractivity contribution in [1.82, 2.24) is 15.5 Å². The molecule has 3 rings (SSSR count). The highest BCUT2D eigenvalue weighted by Crippen LogP contribution is 2.26. The summed E-state index contributed by atoms with van der Waals surface area (Å²) in [7, 11) is 0. The highest BCUT2D eigenvalue weighted by atomic mass is 16.5. The van der Waals surface area contributed by atoms with Crippen LogP contribution in [0.5, 0.6) is 0 Å². The zero-order chi connectivity index (χ0) is 17.5. The summed E-state index contributed by atoms with van der Waals surface area (Å²) in [5.41, 5.74) is 1.28. The van der Waals surface area contributed by atoms with Gasteiger partial charge in [-0.25, -0.2) is 4.79 Å². The molecule has 1 aromatic carbocycles. The zero-order valence-electron chi connectivity index (χ0n) is 15.2. The second-order valence-corrected chi connectivity index (χ2v) is 7.39. The lowest BCUT2D eigenvalue weighted by Gasteiger charge is -2.37. The Morgan fingerprint density at radius 3 is 2.52 bits per heavy atom. The van der Waals surface area contributed by atoms with Gasteiger partial charge in [0.25, 0.3) is 0 Å². The number of piperidine rings is 1. The maximum atomic E-state index is 12.3. The van der Waals surface area contributed by atoms with E-state index < -0.39 is 0 Å². The molecule has 5 nitrogen and oxygen atoms in total. The number of ether oxygens (including phenoxy) is 1. The first-order valence-corrected chi connectivity index (χ1v) is 9.63. The van der Waals surface area contributed by atoms with E-state index >= 15 is 0 Å². The van der Waals surface area contributed by atoms with Crippen LogP contribution in [0, 0.1) is 5.92 Å². The van der Waals surface area contributed by atoms with Crippen LogP contribution < -0.4 is 10.6 Å². The minimum atomic E-state index is -0.0572. The third-order valence-corrected chi connectivity index (χ3v) is 5.46. The van der Waals surface area contributed by atoms with Crippen LogP contribution in [0.4, 0.5) is 4.79 Å². The fraction of sp³-hybridized carbons (Fsp3) is 0.650. The van der Waals surface area contributed by atoms with Gasteiger partial charge in [0, 0.05) is 25.8 Å². The highest BCUT2D eigenvalue weighted by molar-refractivity contribution is 5.74. The van der Waals surface area contributed by atoms with Crippen molar-refractivity contribution in [3.05, 3.63) is 35.9 Å². The predicted molar refractivity (Wildman–Crippen MR) is 99.5 cm³/mol. The van der Waals surface area contributed by atoms with E-state index in [9.17, 15) is 4.79 Å². The Morgan fingerprint density at radius 1 is 1.16 bits per heavy atom. The number of rotatable bonds is 5. The van der Waals surface area contributed by atoms with Gasteiger partial charge in [0.2, 0.25) is 0 Å². The number of likely N-dealkylation sites (tertiary alicyclic amines) is 1. The minimum Gasteiger partial charge on any atom is -0.381 e. The van der Waals surface area contributed by atoms with Crippen molar-refractivity contribution in [3.8, 4) is 0 Å². The Bertz CT molecular complexity index is 523. The lowest BCUT2D eigenvalue weighted by molar-refractivity contribution is 0.0798. The van der Waals surface area contributed by atoms with Crippen molar-refractivity contribution >= 4 is 6.03 Å². The van der Waals surface area contributed by atoms with Crippen molar-refractivity contribution in [2.45, 2.75) is 44.7 Å². The van der Waals surface area contributed by atoms with E-state index in [0.29, 0.717) is 6.54 Å². The maximum Gasteiger partial charge on any atom is 0.315 e. The van der Waals surface area contributed by atoms with Gasteiger partial charge >= 0.3 is 6.03 Å². The Morgan fingerprint density at radius 2 is 1.84 bits per heavy atom. The van der Waals surface area contributed by atoms with Crippen LogP contribution in [0.2, 0.25) is 0 Å². The number of carbonyl (C=O) groups excluding carboxylic acids is 1. The topological polar surface area (TPSA) is 53.6 Å². The highest BCUT2D eigenvalue weighted by Gasteiger charge is 2.25. The van der Waals surface area contributed by atoms with Crippen molar-refractivity contribution < 1.29 is 9.53 Å². The van der Waals surface area contributed by atoms with Gasteiger partial charge in [-0.1, -0.05) is 37.3 Å². The third-order valence-electron chi connectivity index (χ3n) is 5.46. The summed E-state index contributed by atoms with van der Waals surface area (Å²) in [6.45, 7) is 6.66. The first-order valence-electron chi connectivity index (χ1n) is 9.63. The van der Waals surface area contributed by atoms with E-state index in [1.807, 2.05) is 6.07 Å². The molecule has 0 radical (unpaired) electrons. The molecule has 0 aromatic heterocycles. The molecule has 25 heavy (non-hydrogen) atoms. The molecule has 2 heterocycles. The van der Waals surface area contributed by atoms with E-state index in [1.54, 1.807) is 0 Å². The van der Waals surface area contributed by atoms with Crippen LogP contribution in [0.3, 0.4) is 0 Å². The quantitative estimate of drug-likeness (QED) is 0.863. The molecule has 0 aliphatic carbocycles. The van der Waals surface area contributed by atoms with Gasteiger partial charge in [-0.3, -0.25) is 4.90 Å². The summed E-state index contributed by atoms with van der Waals surface area (Å²) in [6.07, 6.45) is 4.27. The molecule has 0 spiro atoms. The van der Waals surface area contributed by atoms with Crippen molar-refractivity contribution in [1.29, 1.82) is 0 Å². The lowest BCUT2D eigenvalue weighted by Crippen LogP contribution is -2.48. The second-order valence-electron chi connectivity index (χ2n) is 7.39. The zero-order valence-corrected chi connectivity index (χ0v) is 15.2. The van der Waals surface area contributed by atoms with Gasteiger partial charge in [-0.15, -0.1) is 0 Å². The molecular weight excluding hydrogens is 314 g/mol. The largest absolute Gasteiger partial charge is 0.381 e. The minimum absolute atomic E-state index is 0.0572. The summed E-state index contributed by atoms with van der Waals surface area (Å²) >= 11 is 0. The number of nitrogens with one attached hydrogen (secondary N) is 2. The molecule has 1 unspecified atom stereocenters. The molecule has 1 atom stereocenters. The van der Waals surface area contributed by atoms with Crippen LogP contribution in [-0.2, 0) is 4.74 Å². The average molecular weight is 345 g/mol. The first-order chi connectivity index (χ1) is 12.2. The van der Waals surface area contributed by atoms with E-state index in [4.69, 9.17) is 4.74 Å². The van der Waals surface area contributed by atoms with Crippen LogP contribution in [0.1, 0.15) is 44.2 Å². The van der Waals surface area contributed by atoms with Gasteiger partial charge in [-0.2, -0.15) is 0 Å². The smallest absolute Gasteiger partial charge is 0.315 e. The average Bonchev–Trinajstić information content (AvgIpc) is 2.65. The molecule has 1 aromatic rings. The standard InChI is InChI=1S/C20H31N3O2/c1-16-7-11-23(12-8-16)19(17-5-3-2-4-6-17)15-21-20(24)22-18-9-13-25-14-10-18/h2-6,16,18-19H,7-15H2,1H3,(H2,21,22,24). The summed E-state index contributed by atoms with van der Waals surface area (Å²) in [6, 6.07) is 11.0. The molecule has 2 fully saturated rings. The van der Waals surface area contributed by atoms with Gasteiger partial charge in [0.05, 0.1) is 6.04 Å². The Balaban J connectivity index is 1.56. The summed E-state index contributed by atoms with van der Waals surface area (Å²) < 4.78 is 5.35. The van der Waals surface area contributed by atoms with E-state index in [1.165, 1.54) is 18.4 Å². The Kier molecular flexibility index (Phi) is 6.70. The number of carbonyl (C=O) groups is 1. The summed E-state index contributed by atoms with van der Waals surface area (Å²) in [4.78, 5) is 14.8. The molecule has 2 aliphatic heterocycles. The first kappa shape index (κ1) is 18.2.